The number of nitrogens with one attached hydrogen (secondary N) is 1. The molecule has 2 aromatic heterocycles. The van der Waals surface area contributed by atoms with Crippen molar-refractivity contribution in [3.8, 4) is 0 Å². The van der Waals surface area contributed by atoms with E-state index in [1.165, 1.54) is 10.6 Å². The maximum Gasteiger partial charge on any atom is 0.250 e. The third-order valence-electron chi connectivity index (χ3n) is 2.57. The summed E-state index contributed by atoms with van der Waals surface area (Å²) in [5.74, 6) is -0.0553. The van der Waals surface area contributed by atoms with Gasteiger partial charge in [-0.3, -0.25) is 9.59 Å². The Morgan fingerprint density at radius 2 is 2.21 bits per heavy atom. The predicted molar refractivity (Wildman–Crippen MR) is 79.2 cm³/mol. The molecule has 0 unspecified atom stereocenters. The molecule has 0 saturated carbocycles. The minimum absolute atomic E-state index is 0.0553. The molecule has 0 spiro atoms. The van der Waals surface area contributed by atoms with Gasteiger partial charge in [-0.15, -0.1) is 11.3 Å². The van der Waals surface area contributed by atoms with Gasteiger partial charge in [0.1, 0.15) is 0 Å². The van der Waals surface area contributed by atoms with Crippen molar-refractivity contribution in [2.24, 2.45) is 0 Å². The fraction of sp³-hybridized carbons (Fsp3) is 0.231. The van der Waals surface area contributed by atoms with Gasteiger partial charge in [-0.1, -0.05) is 6.07 Å². The van der Waals surface area contributed by atoms with Crippen LogP contribution in [-0.2, 0) is 17.9 Å². The predicted octanol–water partition coefficient (Wildman–Crippen LogP) is 2.38. The van der Waals surface area contributed by atoms with E-state index in [0.717, 1.165) is 9.35 Å². The fourth-order valence-electron chi connectivity index (χ4n) is 1.59. The van der Waals surface area contributed by atoms with Gasteiger partial charge >= 0.3 is 0 Å². The van der Waals surface area contributed by atoms with Crippen LogP contribution in [0.2, 0.25) is 0 Å². The second kappa shape index (κ2) is 6.68. The lowest BCUT2D eigenvalue weighted by Crippen LogP contribution is -2.26. The number of amides is 1. The zero-order valence-electron chi connectivity index (χ0n) is 10.1. The summed E-state index contributed by atoms with van der Waals surface area (Å²) in [6, 6.07) is 7.10. The number of hydrogen-bond acceptors (Lipinski definition) is 3. The van der Waals surface area contributed by atoms with E-state index in [-0.39, 0.29) is 11.5 Å². The molecule has 4 nitrogen and oxygen atoms in total. The maximum absolute atomic E-state index is 11.7. The van der Waals surface area contributed by atoms with Crippen LogP contribution in [0.15, 0.2) is 45.1 Å². The highest BCUT2D eigenvalue weighted by molar-refractivity contribution is 9.10. The van der Waals surface area contributed by atoms with Gasteiger partial charge in [-0.25, -0.2) is 0 Å². The van der Waals surface area contributed by atoms with Crippen molar-refractivity contribution in [3.63, 3.8) is 0 Å². The van der Waals surface area contributed by atoms with E-state index >= 15 is 0 Å². The highest BCUT2D eigenvalue weighted by atomic mass is 79.9. The van der Waals surface area contributed by atoms with Crippen LogP contribution in [0.25, 0.3) is 0 Å². The molecule has 0 atom stereocenters. The molecule has 100 valence electrons. The topological polar surface area (TPSA) is 51.1 Å². The Morgan fingerprint density at radius 3 is 2.95 bits per heavy atom. The van der Waals surface area contributed by atoms with E-state index in [4.69, 9.17) is 0 Å². The average molecular weight is 341 g/mol. The molecule has 0 aliphatic heterocycles. The van der Waals surface area contributed by atoms with Crippen molar-refractivity contribution < 1.29 is 4.79 Å². The monoisotopic (exact) mass is 340 g/mol. The Hall–Kier alpha value is -1.40. The van der Waals surface area contributed by atoms with E-state index in [2.05, 4.69) is 21.2 Å². The van der Waals surface area contributed by atoms with Gasteiger partial charge in [-0.05, 0) is 33.4 Å². The summed E-state index contributed by atoms with van der Waals surface area (Å²) in [5, 5.41) is 4.81. The molecular formula is C13H13BrN2O2S. The van der Waals surface area contributed by atoms with Crippen molar-refractivity contribution in [1.29, 1.82) is 0 Å². The molecule has 1 N–H and O–H groups in total. The first-order valence-corrected chi connectivity index (χ1v) is 7.47. The molecule has 0 radical (unpaired) electrons. The van der Waals surface area contributed by atoms with Crippen LogP contribution in [0.4, 0.5) is 0 Å². The van der Waals surface area contributed by atoms with E-state index in [9.17, 15) is 9.59 Å². The van der Waals surface area contributed by atoms with E-state index in [1.807, 2.05) is 17.5 Å². The quantitative estimate of drug-likeness (QED) is 0.908. The second-order valence-corrected chi connectivity index (χ2v) is 5.93. The molecule has 1 amide bonds. The molecule has 0 saturated heterocycles. The Labute approximate surface area is 123 Å². The van der Waals surface area contributed by atoms with Crippen LogP contribution in [0, 0.1) is 0 Å². The highest BCUT2D eigenvalue weighted by Gasteiger charge is 2.04. The fourth-order valence-corrected chi connectivity index (χ4v) is 2.61. The number of aryl methyl sites for hydroxylation is 1. The summed E-state index contributed by atoms with van der Waals surface area (Å²) in [6.07, 6.45) is 1.98. The summed E-state index contributed by atoms with van der Waals surface area (Å²) >= 11 is 4.91. The van der Waals surface area contributed by atoms with Crippen molar-refractivity contribution in [1.82, 2.24) is 9.88 Å². The number of pyridine rings is 1. The van der Waals surface area contributed by atoms with Gasteiger partial charge < -0.3 is 9.88 Å². The summed E-state index contributed by atoms with van der Waals surface area (Å²) in [4.78, 5) is 24.3. The number of rotatable bonds is 5. The third-order valence-corrected chi connectivity index (χ3v) is 3.91. The Bertz CT molecular complexity index is 607. The minimum atomic E-state index is -0.103. The smallest absolute Gasteiger partial charge is 0.250 e. The minimum Gasteiger partial charge on any atom is -0.351 e. The van der Waals surface area contributed by atoms with Gasteiger partial charge in [0.15, 0.2) is 0 Å². The molecule has 2 heterocycles. The van der Waals surface area contributed by atoms with Crippen LogP contribution in [0.5, 0.6) is 0 Å². The normalized spacial score (nSPS) is 10.4. The largest absolute Gasteiger partial charge is 0.351 e. The first kappa shape index (κ1) is 14.0. The number of thiophene rings is 1. The number of nitrogens with zero attached hydrogens (tertiary/aromatic N) is 1. The first-order chi connectivity index (χ1) is 9.15. The van der Waals surface area contributed by atoms with Crippen molar-refractivity contribution >= 4 is 33.2 Å². The first-order valence-electron chi connectivity index (χ1n) is 5.80. The molecule has 6 heteroatoms. The lowest BCUT2D eigenvalue weighted by Gasteiger charge is -2.06. The molecule has 0 aliphatic carbocycles. The molecule has 19 heavy (non-hydrogen) atoms. The molecule has 2 rings (SSSR count). The van der Waals surface area contributed by atoms with Crippen LogP contribution >= 0.6 is 27.3 Å². The maximum atomic E-state index is 11.7. The lowest BCUT2D eigenvalue weighted by molar-refractivity contribution is -0.121. The number of halogens is 1. The lowest BCUT2D eigenvalue weighted by atomic mass is 10.3. The van der Waals surface area contributed by atoms with Crippen LogP contribution < -0.4 is 10.9 Å². The van der Waals surface area contributed by atoms with Gasteiger partial charge in [0.25, 0.3) is 5.56 Å². The van der Waals surface area contributed by atoms with Crippen LogP contribution in [-0.4, -0.2) is 10.5 Å². The van der Waals surface area contributed by atoms with Crippen molar-refractivity contribution in [2.45, 2.75) is 19.5 Å². The Morgan fingerprint density at radius 1 is 1.37 bits per heavy atom. The van der Waals surface area contributed by atoms with E-state index < -0.39 is 0 Å². The summed E-state index contributed by atoms with van der Waals surface area (Å²) < 4.78 is 2.35. The van der Waals surface area contributed by atoms with Gasteiger partial charge in [0, 0.05) is 34.6 Å². The Kier molecular flexibility index (Phi) is 4.93. The van der Waals surface area contributed by atoms with Crippen LogP contribution in [0.1, 0.15) is 11.3 Å². The molecule has 0 bridgehead atoms. The number of carbonyl (C=O) groups excluding carboxylic acids is 1. The highest BCUT2D eigenvalue weighted by Crippen LogP contribution is 2.08. The van der Waals surface area contributed by atoms with Gasteiger partial charge in [0.05, 0.1) is 6.54 Å². The third kappa shape index (κ3) is 4.33. The zero-order valence-corrected chi connectivity index (χ0v) is 12.5. The molecule has 0 fully saturated rings. The number of carbonyl (C=O) groups is 1. The van der Waals surface area contributed by atoms with E-state index in [0.29, 0.717) is 19.5 Å². The average Bonchev–Trinajstić information content (AvgIpc) is 2.90. The van der Waals surface area contributed by atoms with Crippen molar-refractivity contribution in [2.75, 3.05) is 0 Å². The van der Waals surface area contributed by atoms with Crippen LogP contribution in [0.3, 0.4) is 0 Å². The van der Waals surface area contributed by atoms with Gasteiger partial charge in [-0.2, -0.15) is 0 Å². The number of aromatic nitrogens is 1. The molecule has 0 aliphatic rings. The number of hydrogen-bond donors (Lipinski definition) is 1. The summed E-state index contributed by atoms with van der Waals surface area (Å²) in [5.41, 5.74) is -0.103. The molecular weight excluding hydrogens is 328 g/mol. The molecule has 0 aromatic carbocycles. The SMILES string of the molecule is O=C(CCn1cc(Br)ccc1=O)NCc1cccs1. The van der Waals surface area contributed by atoms with Crippen molar-refractivity contribution in [3.05, 3.63) is 55.5 Å². The summed E-state index contributed by atoms with van der Waals surface area (Å²) in [7, 11) is 0. The van der Waals surface area contributed by atoms with E-state index in [1.54, 1.807) is 23.6 Å². The molecule has 2 aromatic rings. The standard InChI is InChI=1S/C13H13BrN2O2S/c14-10-3-4-13(18)16(9-10)6-5-12(17)15-8-11-2-1-7-19-11/h1-4,7,9H,5-6,8H2,(H,15,17). The second-order valence-electron chi connectivity index (χ2n) is 3.99. The van der Waals surface area contributed by atoms with Gasteiger partial charge in [0.2, 0.25) is 5.91 Å². The zero-order chi connectivity index (χ0) is 13.7. The Balaban J connectivity index is 1.83. The summed E-state index contributed by atoms with van der Waals surface area (Å²) in [6.45, 7) is 0.929.